The molecule has 0 aromatic carbocycles. The normalized spacial score (nSPS) is 28.9. The van der Waals surface area contributed by atoms with Crippen LogP contribution < -0.4 is 5.32 Å². The third kappa shape index (κ3) is 5.16. The molecular formula is C18H31N3O2S2. The summed E-state index contributed by atoms with van der Waals surface area (Å²) in [6, 6.07) is 0. The second-order valence-electron chi connectivity index (χ2n) is 7.62. The minimum Gasteiger partial charge on any atom is -0.353 e. The molecule has 0 amide bonds. The molecule has 1 N–H and O–H groups in total. The number of hydrogen-bond donors (Lipinski definition) is 1. The van der Waals surface area contributed by atoms with E-state index in [1.165, 1.54) is 32.1 Å². The Morgan fingerprint density at radius 1 is 1.36 bits per heavy atom. The maximum Gasteiger partial charge on any atom is 0.194 e. The van der Waals surface area contributed by atoms with Crippen LogP contribution in [0, 0.1) is 5.92 Å². The Morgan fingerprint density at radius 2 is 2.16 bits per heavy atom. The van der Waals surface area contributed by atoms with Crippen molar-refractivity contribution in [2.75, 3.05) is 43.4 Å². The number of rotatable bonds is 4. The molecule has 1 atom stereocenters. The van der Waals surface area contributed by atoms with Gasteiger partial charge in [-0.3, -0.25) is 4.99 Å². The molecule has 0 aromatic rings. The molecule has 3 fully saturated rings. The fourth-order valence-electron chi connectivity index (χ4n) is 4.19. The van der Waals surface area contributed by atoms with Crippen LogP contribution in [0.5, 0.6) is 0 Å². The van der Waals surface area contributed by atoms with Crippen molar-refractivity contribution in [3.05, 3.63) is 12.7 Å². The first-order valence-corrected chi connectivity index (χ1v) is 12.3. The molecule has 25 heavy (non-hydrogen) atoms. The molecule has 1 aliphatic carbocycles. The van der Waals surface area contributed by atoms with Crippen molar-refractivity contribution in [1.82, 2.24) is 10.2 Å². The van der Waals surface area contributed by atoms with Crippen LogP contribution in [-0.2, 0) is 9.84 Å². The van der Waals surface area contributed by atoms with Gasteiger partial charge in [0.25, 0.3) is 0 Å². The first-order chi connectivity index (χ1) is 12.0. The van der Waals surface area contributed by atoms with Crippen molar-refractivity contribution in [1.29, 1.82) is 0 Å². The second kappa shape index (κ2) is 8.33. The van der Waals surface area contributed by atoms with Gasteiger partial charge in [-0.15, -0.1) is 6.58 Å². The summed E-state index contributed by atoms with van der Waals surface area (Å²) in [5.74, 6) is 2.88. The van der Waals surface area contributed by atoms with Crippen LogP contribution >= 0.6 is 11.8 Å². The Bertz CT molecular complexity index is 592. The zero-order valence-electron chi connectivity index (χ0n) is 15.1. The van der Waals surface area contributed by atoms with Gasteiger partial charge in [-0.25, -0.2) is 8.42 Å². The highest BCUT2D eigenvalue weighted by molar-refractivity contribution is 8.00. The van der Waals surface area contributed by atoms with Gasteiger partial charge >= 0.3 is 0 Å². The number of sulfone groups is 1. The van der Waals surface area contributed by atoms with Gasteiger partial charge in [0, 0.05) is 36.7 Å². The summed E-state index contributed by atoms with van der Waals surface area (Å²) in [5.41, 5.74) is 0. The highest BCUT2D eigenvalue weighted by atomic mass is 32.2. The van der Waals surface area contributed by atoms with Crippen LogP contribution in [0.2, 0.25) is 0 Å². The van der Waals surface area contributed by atoms with E-state index in [2.05, 4.69) is 28.6 Å². The lowest BCUT2D eigenvalue weighted by Crippen LogP contribution is -2.53. The maximum atomic E-state index is 11.7. The summed E-state index contributed by atoms with van der Waals surface area (Å²) in [6.45, 7) is 7.17. The number of nitrogens with zero attached hydrogens (tertiary/aromatic N) is 2. The molecule has 1 unspecified atom stereocenters. The molecule has 5 nitrogen and oxygen atoms in total. The van der Waals surface area contributed by atoms with E-state index in [0.29, 0.717) is 29.3 Å². The van der Waals surface area contributed by atoms with Crippen molar-refractivity contribution < 1.29 is 8.42 Å². The minimum absolute atomic E-state index is 0.174. The standard InChI is InChI=1S/C18H31N3O2S2/c1-2-9-19-17(20-13-16-6-12-25(22,23)14-16)21-10-11-24-18(15-21)7-4-3-5-8-18/h2,16H,1,3-15H2,(H,19,20). The SMILES string of the molecule is C=CCNC(=NCC1CCS(=O)(=O)C1)N1CCSC2(CCCCC2)C1. The number of hydrogen-bond acceptors (Lipinski definition) is 4. The van der Waals surface area contributed by atoms with Crippen molar-refractivity contribution in [3.8, 4) is 0 Å². The Balaban J connectivity index is 1.66. The van der Waals surface area contributed by atoms with Crippen LogP contribution in [0.1, 0.15) is 38.5 Å². The number of thioether (sulfide) groups is 1. The molecule has 7 heteroatoms. The molecule has 0 bridgehead atoms. The Labute approximate surface area is 156 Å². The molecule has 2 saturated heterocycles. The molecule has 2 aliphatic heterocycles. The minimum atomic E-state index is -2.83. The van der Waals surface area contributed by atoms with Gasteiger partial charge in [-0.1, -0.05) is 25.3 Å². The zero-order valence-corrected chi connectivity index (χ0v) is 16.7. The number of guanidine groups is 1. The van der Waals surface area contributed by atoms with E-state index in [-0.39, 0.29) is 5.92 Å². The van der Waals surface area contributed by atoms with Crippen LogP contribution in [-0.4, -0.2) is 67.5 Å². The smallest absolute Gasteiger partial charge is 0.194 e. The maximum absolute atomic E-state index is 11.7. The average Bonchev–Trinajstić information content (AvgIpc) is 2.95. The Kier molecular flexibility index (Phi) is 6.36. The van der Waals surface area contributed by atoms with Crippen molar-refractivity contribution in [2.45, 2.75) is 43.3 Å². The van der Waals surface area contributed by atoms with Gasteiger partial charge in [0.15, 0.2) is 15.8 Å². The van der Waals surface area contributed by atoms with Crippen LogP contribution in [0.25, 0.3) is 0 Å². The lowest BCUT2D eigenvalue weighted by Gasteiger charge is -2.45. The van der Waals surface area contributed by atoms with E-state index >= 15 is 0 Å². The van der Waals surface area contributed by atoms with Gasteiger partial charge in [0.1, 0.15) is 0 Å². The van der Waals surface area contributed by atoms with E-state index in [1.54, 1.807) is 0 Å². The van der Waals surface area contributed by atoms with Crippen LogP contribution in [0.3, 0.4) is 0 Å². The quantitative estimate of drug-likeness (QED) is 0.457. The zero-order chi connectivity index (χ0) is 17.8. The largest absolute Gasteiger partial charge is 0.353 e. The molecule has 142 valence electrons. The third-order valence-corrected chi connectivity index (χ3v) is 8.92. The lowest BCUT2D eigenvalue weighted by molar-refractivity contribution is 0.293. The number of nitrogens with one attached hydrogen (secondary N) is 1. The summed E-state index contributed by atoms with van der Waals surface area (Å²) < 4.78 is 23.7. The molecule has 3 aliphatic rings. The van der Waals surface area contributed by atoms with Gasteiger partial charge < -0.3 is 10.2 Å². The third-order valence-electron chi connectivity index (χ3n) is 5.54. The van der Waals surface area contributed by atoms with Gasteiger partial charge in [0.2, 0.25) is 0 Å². The monoisotopic (exact) mass is 385 g/mol. The van der Waals surface area contributed by atoms with E-state index in [1.807, 2.05) is 6.08 Å². The molecule has 3 rings (SSSR count). The summed E-state index contributed by atoms with van der Waals surface area (Å²) in [5, 5.41) is 3.40. The first kappa shape index (κ1) is 19.1. The molecular weight excluding hydrogens is 354 g/mol. The van der Waals surface area contributed by atoms with Gasteiger partial charge in [0.05, 0.1) is 11.5 Å². The second-order valence-corrected chi connectivity index (χ2v) is 11.4. The first-order valence-electron chi connectivity index (χ1n) is 9.50. The van der Waals surface area contributed by atoms with E-state index in [4.69, 9.17) is 4.99 Å². The topological polar surface area (TPSA) is 61.8 Å². The molecule has 1 spiro atoms. The predicted octanol–water partition coefficient (Wildman–Crippen LogP) is 2.30. The summed E-state index contributed by atoms with van der Waals surface area (Å²) >= 11 is 2.15. The van der Waals surface area contributed by atoms with Gasteiger partial charge in [-0.2, -0.15) is 11.8 Å². The van der Waals surface area contributed by atoms with E-state index in [9.17, 15) is 8.42 Å². The van der Waals surface area contributed by atoms with Crippen LogP contribution in [0.4, 0.5) is 0 Å². The van der Waals surface area contributed by atoms with E-state index < -0.39 is 9.84 Å². The molecule has 1 saturated carbocycles. The Morgan fingerprint density at radius 3 is 2.84 bits per heavy atom. The summed E-state index contributed by atoms with van der Waals surface area (Å²) in [7, 11) is -2.83. The molecule has 0 radical (unpaired) electrons. The summed E-state index contributed by atoms with van der Waals surface area (Å²) in [6.07, 6.45) is 9.27. The van der Waals surface area contributed by atoms with Crippen molar-refractivity contribution >= 4 is 27.6 Å². The molecule has 2 heterocycles. The van der Waals surface area contributed by atoms with E-state index in [0.717, 1.165) is 31.2 Å². The summed E-state index contributed by atoms with van der Waals surface area (Å²) in [4.78, 5) is 7.22. The van der Waals surface area contributed by atoms with Crippen LogP contribution in [0.15, 0.2) is 17.6 Å². The van der Waals surface area contributed by atoms with Gasteiger partial charge in [-0.05, 0) is 25.2 Å². The highest BCUT2D eigenvalue weighted by Gasteiger charge is 2.38. The molecule has 0 aromatic heterocycles. The fraction of sp³-hybridized carbons (Fsp3) is 0.833. The average molecular weight is 386 g/mol. The Hall–Kier alpha value is -0.690. The predicted molar refractivity (Wildman–Crippen MR) is 107 cm³/mol. The highest BCUT2D eigenvalue weighted by Crippen LogP contribution is 2.42. The van der Waals surface area contributed by atoms with Crippen molar-refractivity contribution in [3.63, 3.8) is 0 Å². The van der Waals surface area contributed by atoms with Crippen molar-refractivity contribution in [2.24, 2.45) is 10.9 Å². The number of aliphatic imine (C=N–C) groups is 1. The fourth-order valence-corrected chi connectivity index (χ4v) is 7.61. The lowest BCUT2D eigenvalue weighted by atomic mass is 9.87.